The van der Waals surface area contributed by atoms with Crippen LogP contribution in [0.5, 0.6) is 5.75 Å². The molecule has 0 saturated carbocycles. The summed E-state index contributed by atoms with van der Waals surface area (Å²) in [6.45, 7) is 4.80. The molecule has 0 N–H and O–H groups in total. The molecule has 0 radical (unpaired) electrons. The summed E-state index contributed by atoms with van der Waals surface area (Å²) in [6.07, 6.45) is 0. The maximum absolute atomic E-state index is 5.86. The molecular formula is C21H22BrN3O2S. The number of thioether (sulfide) groups is 1. The van der Waals surface area contributed by atoms with Crippen molar-refractivity contribution in [3.63, 3.8) is 0 Å². The van der Waals surface area contributed by atoms with Gasteiger partial charge in [-0.2, -0.15) is 0 Å². The summed E-state index contributed by atoms with van der Waals surface area (Å²) in [5, 5.41) is 2.12. The van der Waals surface area contributed by atoms with E-state index in [1.807, 2.05) is 36.4 Å². The quantitative estimate of drug-likeness (QED) is 0.296. The van der Waals surface area contributed by atoms with E-state index in [1.54, 1.807) is 11.8 Å². The minimum absolute atomic E-state index is 0.623. The number of hydrogen-bond acceptors (Lipinski definition) is 6. The number of para-hydroxylation sites is 1. The van der Waals surface area contributed by atoms with Crippen molar-refractivity contribution in [1.82, 2.24) is 14.9 Å². The van der Waals surface area contributed by atoms with Crippen molar-refractivity contribution in [3.8, 4) is 5.75 Å². The second-order valence-corrected chi connectivity index (χ2v) is 8.50. The Morgan fingerprint density at radius 3 is 2.79 bits per heavy atom. The molecule has 1 saturated heterocycles. The predicted molar refractivity (Wildman–Crippen MR) is 116 cm³/mol. The average molecular weight is 460 g/mol. The number of halogens is 1. The maximum atomic E-state index is 5.86. The van der Waals surface area contributed by atoms with E-state index in [9.17, 15) is 0 Å². The summed E-state index contributed by atoms with van der Waals surface area (Å²) in [6, 6.07) is 16.1. The van der Waals surface area contributed by atoms with Gasteiger partial charge >= 0.3 is 0 Å². The Hall–Kier alpha value is -1.67. The Morgan fingerprint density at radius 2 is 1.93 bits per heavy atom. The normalized spacial score (nSPS) is 15.0. The fourth-order valence-electron chi connectivity index (χ4n) is 3.09. The molecule has 0 spiro atoms. The van der Waals surface area contributed by atoms with Crippen molar-refractivity contribution in [2.75, 3.05) is 38.7 Å². The molecule has 0 aliphatic carbocycles. The molecule has 1 aliphatic heterocycles. The lowest BCUT2D eigenvalue weighted by atomic mass is 10.2. The lowest BCUT2D eigenvalue weighted by Gasteiger charge is -2.25. The van der Waals surface area contributed by atoms with Crippen molar-refractivity contribution in [2.45, 2.75) is 11.6 Å². The van der Waals surface area contributed by atoms with Gasteiger partial charge in [0.15, 0.2) is 0 Å². The van der Waals surface area contributed by atoms with Crippen LogP contribution in [0.3, 0.4) is 0 Å². The van der Waals surface area contributed by atoms with E-state index >= 15 is 0 Å². The molecule has 2 aromatic carbocycles. The smallest absolute Gasteiger partial charge is 0.144 e. The molecule has 28 heavy (non-hydrogen) atoms. The van der Waals surface area contributed by atoms with Gasteiger partial charge < -0.3 is 9.47 Å². The Labute approximate surface area is 177 Å². The Kier molecular flexibility index (Phi) is 6.80. The molecule has 1 aromatic heterocycles. The van der Waals surface area contributed by atoms with E-state index in [0.29, 0.717) is 6.61 Å². The Morgan fingerprint density at radius 1 is 1.07 bits per heavy atom. The van der Waals surface area contributed by atoms with E-state index in [-0.39, 0.29) is 0 Å². The third-order valence-corrected chi connectivity index (χ3v) is 5.92. The summed E-state index contributed by atoms with van der Waals surface area (Å²) in [5.41, 5.74) is 0.996. The lowest BCUT2D eigenvalue weighted by Crippen LogP contribution is -2.36. The second-order valence-electron chi connectivity index (χ2n) is 6.50. The minimum atomic E-state index is 0.623. The molecule has 1 aliphatic rings. The number of morpholine rings is 1. The summed E-state index contributed by atoms with van der Waals surface area (Å²) in [4.78, 5) is 12.0. The first kappa shape index (κ1) is 19.6. The minimum Gasteiger partial charge on any atom is -0.493 e. The predicted octanol–water partition coefficient (Wildman–Crippen LogP) is 4.40. The zero-order chi connectivity index (χ0) is 19.2. The third kappa shape index (κ3) is 5.23. The van der Waals surface area contributed by atoms with Gasteiger partial charge in [-0.25, -0.2) is 9.97 Å². The average Bonchev–Trinajstić information content (AvgIpc) is 2.72. The lowest BCUT2D eigenvalue weighted by molar-refractivity contribution is 0.0330. The van der Waals surface area contributed by atoms with Crippen molar-refractivity contribution in [3.05, 3.63) is 58.8 Å². The van der Waals surface area contributed by atoms with Gasteiger partial charge in [0, 0.05) is 28.7 Å². The van der Waals surface area contributed by atoms with Crippen LogP contribution in [0.1, 0.15) is 5.82 Å². The van der Waals surface area contributed by atoms with Gasteiger partial charge in [-0.05, 0) is 24.3 Å². The number of hydrogen-bond donors (Lipinski definition) is 0. The van der Waals surface area contributed by atoms with Crippen LogP contribution < -0.4 is 4.74 Å². The molecule has 0 unspecified atom stereocenters. The van der Waals surface area contributed by atoms with E-state index in [0.717, 1.165) is 70.6 Å². The van der Waals surface area contributed by atoms with Crippen molar-refractivity contribution in [1.29, 1.82) is 0 Å². The number of benzene rings is 2. The van der Waals surface area contributed by atoms with Crippen molar-refractivity contribution in [2.24, 2.45) is 0 Å². The molecule has 0 amide bonds. The third-order valence-electron chi connectivity index (χ3n) is 4.47. The van der Waals surface area contributed by atoms with Crippen molar-refractivity contribution < 1.29 is 9.47 Å². The molecule has 4 rings (SSSR count). The summed E-state index contributed by atoms with van der Waals surface area (Å²) >= 11 is 5.19. The second kappa shape index (κ2) is 9.69. The van der Waals surface area contributed by atoms with Crippen molar-refractivity contribution >= 4 is 38.6 Å². The van der Waals surface area contributed by atoms with Gasteiger partial charge in [0.05, 0.1) is 31.9 Å². The summed E-state index contributed by atoms with van der Waals surface area (Å²) < 4.78 is 12.3. The van der Waals surface area contributed by atoms with E-state index in [1.165, 1.54) is 0 Å². The molecular weight excluding hydrogens is 438 g/mol. The topological polar surface area (TPSA) is 47.5 Å². The molecule has 146 valence electrons. The van der Waals surface area contributed by atoms with E-state index in [4.69, 9.17) is 19.4 Å². The van der Waals surface area contributed by atoms with Crippen LogP contribution in [-0.4, -0.2) is 53.5 Å². The first-order chi connectivity index (χ1) is 13.8. The molecule has 7 heteroatoms. The number of rotatable bonds is 7. The van der Waals surface area contributed by atoms with Crippen LogP contribution in [0.15, 0.2) is 58.0 Å². The zero-order valence-electron chi connectivity index (χ0n) is 15.5. The van der Waals surface area contributed by atoms with Gasteiger partial charge in [0.25, 0.3) is 0 Å². The number of nitrogens with zero attached hydrogens (tertiary/aromatic N) is 3. The molecule has 5 nitrogen and oxygen atoms in total. The van der Waals surface area contributed by atoms with Gasteiger partial charge in [0.1, 0.15) is 16.6 Å². The standard InChI is InChI=1S/C21H22BrN3O2S/c22-16-4-3-5-17(14-16)27-12-13-28-21-18-6-1-2-7-19(18)23-20(24-21)15-25-8-10-26-11-9-25/h1-7,14H,8-13,15H2. The highest BCUT2D eigenvalue weighted by atomic mass is 79.9. The van der Waals surface area contributed by atoms with Crippen LogP contribution >= 0.6 is 27.7 Å². The highest BCUT2D eigenvalue weighted by Gasteiger charge is 2.14. The largest absolute Gasteiger partial charge is 0.493 e. The van der Waals surface area contributed by atoms with E-state index < -0.39 is 0 Å². The van der Waals surface area contributed by atoms with Crippen LogP contribution in [0.2, 0.25) is 0 Å². The van der Waals surface area contributed by atoms with Crippen LogP contribution in [0.25, 0.3) is 10.9 Å². The monoisotopic (exact) mass is 459 g/mol. The first-order valence-electron chi connectivity index (χ1n) is 9.35. The number of fused-ring (bicyclic) bond motifs is 1. The summed E-state index contributed by atoms with van der Waals surface area (Å²) in [5.74, 6) is 2.57. The molecule has 1 fully saturated rings. The summed E-state index contributed by atoms with van der Waals surface area (Å²) in [7, 11) is 0. The van der Waals surface area contributed by atoms with Gasteiger partial charge in [-0.1, -0.05) is 40.2 Å². The maximum Gasteiger partial charge on any atom is 0.144 e. The zero-order valence-corrected chi connectivity index (χ0v) is 17.9. The molecule has 2 heterocycles. The Balaban J connectivity index is 1.44. The van der Waals surface area contributed by atoms with Gasteiger partial charge in [0.2, 0.25) is 0 Å². The SMILES string of the molecule is Brc1cccc(OCCSc2nc(CN3CCOCC3)nc3ccccc23)c1. The van der Waals surface area contributed by atoms with E-state index in [2.05, 4.69) is 33.0 Å². The van der Waals surface area contributed by atoms with Gasteiger partial charge in [-0.15, -0.1) is 11.8 Å². The van der Waals surface area contributed by atoms with Crippen LogP contribution in [0, 0.1) is 0 Å². The molecule has 3 aromatic rings. The molecule has 0 atom stereocenters. The highest BCUT2D eigenvalue weighted by Crippen LogP contribution is 2.26. The van der Waals surface area contributed by atoms with Crippen LogP contribution in [0.4, 0.5) is 0 Å². The van der Waals surface area contributed by atoms with Gasteiger partial charge in [-0.3, -0.25) is 4.90 Å². The van der Waals surface area contributed by atoms with Crippen LogP contribution in [-0.2, 0) is 11.3 Å². The number of ether oxygens (including phenoxy) is 2. The fraction of sp³-hybridized carbons (Fsp3) is 0.333. The fourth-order valence-corrected chi connectivity index (χ4v) is 4.32. The molecule has 0 bridgehead atoms. The first-order valence-corrected chi connectivity index (χ1v) is 11.1. The highest BCUT2D eigenvalue weighted by molar-refractivity contribution is 9.10. The number of aromatic nitrogens is 2. The Bertz CT molecular complexity index is 934.